The van der Waals surface area contributed by atoms with Gasteiger partial charge in [0.1, 0.15) is 11.4 Å². The van der Waals surface area contributed by atoms with Crippen LogP contribution in [-0.4, -0.2) is 18.6 Å². The fraction of sp³-hybridized carbons (Fsp3) is 0.350. The molecule has 126 valence electrons. The van der Waals surface area contributed by atoms with Crippen LogP contribution >= 0.6 is 0 Å². The van der Waals surface area contributed by atoms with Crippen LogP contribution in [0.15, 0.2) is 42.5 Å². The standard InChI is InChI=1S/C20H24N2O2/c1-20(2)11-17-10-15(7-8-18(17)24-20)13-22-12-14-5-4-6-16(9-14)19(23)21-3/h4-10,22H,11-13H2,1-3H3,(H,21,23). The summed E-state index contributed by atoms with van der Waals surface area (Å²) >= 11 is 0. The molecule has 3 rings (SSSR count). The molecular formula is C20H24N2O2. The summed E-state index contributed by atoms with van der Waals surface area (Å²) in [5.74, 6) is 0.945. The number of carbonyl (C=O) groups excluding carboxylic acids is 1. The summed E-state index contributed by atoms with van der Waals surface area (Å²) < 4.78 is 5.91. The number of amides is 1. The van der Waals surface area contributed by atoms with Crippen LogP contribution in [0.25, 0.3) is 0 Å². The number of hydrogen-bond acceptors (Lipinski definition) is 3. The third-order valence-electron chi connectivity index (χ3n) is 4.20. The van der Waals surface area contributed by atoms with E-state index >= 15 is 0 Å². The highest BCUT2D eigenvalue weighted by Gasteiger charge is 2.29. The van der Waals surface area contributed by atoms with E-state index in [0.717, 1.165) is 30.8 Å². The van der Waals surface area contributed by atoms with Gasteiger partial charge in [-0.2, -0.15) is 0 Å². The first kappa shape index (κ1) is 16.5. The lowest BCUT2D eigenvalue weighted by molar-refractivity contribution is 0.0963. The van der Waals surface area contributed by atoms with Gasteiger partial charge in [0.25, 0.3) is 5.91 Å². The van der Waals surface area contributed by atoms with Crippen LogP contribution in [0.2, 0.25) is 0 Å². The van der Waals surface area contributed by atoms with E-state index in [9.17, 15) is 4.79 Å². The second-order valence-electron chi connectivity index (χ2n) is 6.86. The largest absolute Gasteiger partial charge is 0.487 e. The molecular weight excluding hydrogens is 300 g/mol. The summed E-state index contributed by atoms with van der Waals surface area (Å²) in [6, 6.07) is 14.1. The van der Waals surface area contributed by atoms with Crippen molar-refractivity contribution < 1.29 is 9.53 Å². The van der Waals surface area contributed by atoms with Crippen LogP contribution in [-0.2, 0) is 19.5 Å². The Kier molecular flexibility index (Phi) is 4.58. The molecule has 0 saturated heterocycles. The highest BCUT2D eigenvalue weighted by molar-refractivity contribution is 5.94. The normalized spacial score (nSPS) is 14.8. The zero-order valence-corrected chi connectivity index (χ0v) is 14.5. The van der Waals surface area contributed by atoms with Crippen LogP contribution in [0.3, 0.4) is 0 Å². The molecule has 24 heavy (non-hydrogen) atoms. The summed E-state index contributed by atoms with van der Waals surface area (Å²) in [6.45, 7) is 5.75. The highest BCUT2D eigenvalue weighted by atomic mass is 16.5. The first-order valence-electron chi connectivity index (χ1n) is 8.29. The molecule has 4 nitrogen and oxygen atoms in total. The number of fused-ring (bicyclic) bond motifs is 1. The minimum absolute atomic E-state index is 0.0573. The number of rotatable bonds is 5. The Labute approximate surface area is 143 Å². The van der Waals surface area contributed by atoms with Gasteiger partial charge in [-0.3, -0.25) is 4.79 Å². The molecule has 0 unspecified atom stereocenters. The molecule has 4 heteroatoms. The molecule has 0 aromatic heterocycles. The maximum absolute atomic E-state index is 11.7. The Morgan fingerprint density at radius 2 is 1.88 bits per heavy atom. The van der Waals surface area contributed by atoms with E-state index in [1.165, 1.54) is 11.1 Å². The molecule has 0 spiro atoms. The summed E-state index contributed by atoms with van der Waals surface area (Å²) in [5, 5.41) is 6.09. The summed E-state index contributed by atoms with van der Waals surface area (Å²) in [7, 11) is 1.64. The van der Waals surface area contributed by atoms with Crippen LogP contribution < -0.4 is 15.4 Å². The number of benzene rings is 2. The predicted molar refractivity (Wildman–Crippen MR) is 95.2 cm³/mol. The fourth-order valence-corrected chi connectivity index (χ4v) is 3.09. The molecule has 2 N–H and O–H groups in total. The van der Waals surface area contributed by atoms with Gasteiger partial charge < -0.3 is 15.4 Å². The van der Waals surface area contributed by atoms with Crippen molar-refractivity contribution in [3.05, 3.63) is 64.7 Å². The van der Waals surface area contributed by atoms with Crippen LogP contribution in [0.4, 0.5) is 0 Å². The lowest BCUT2D eigenvalue weighted by Crippen LogP contribution is -2.24. The lowest BCUT2D eigenvalue weighted by atomic mass is 10.0. The summed E-state index contributed by atoms with van der Waals surface area (Å²) in [6.07, 6.45) is 0.949. The monoisotopic (exact) mass is 324 g/mol. The smallest absolute Gasteiger partial charge is 0.251 e. The molecule has 1 amide bonds. The van der Waals surface area contributed by atoms with Crippen LogP contribution in [0.5, 0.6) is 5.75 Å². The Morgan fingerprint density at radius 1 is 1.12 bits per heavy atom. The van der Waals surface area contributed by atoms with Gasteiger partial charge >= 0.3 is 0 Å². The van der Waals surface area contributed by atoms with E-state index in [1.807, 2.05) is 24.3 Å². The molecule has 1 heterocycles. The van der Waals surface area contributed by atoms with Gasteiger partial charge in [0.2, 0.25) is 0 Å². The molecule has 2 aromatic carbocycles. The van der Waals surface area contributed by atoms with Crippen LogP contribution in [0.1, 0.15) is 40.9 Å². The molecule has 0 aliphatic carbocycles. The van der Waals surface area contributed by atoms with E-state index in [1.54, 1.807) is 7.05 Å². The Morgan fingerprint density at radius 3 is 2.62 bits per heavy atom. The van der Waals surface area contributed by atoms with Gasteiger partial charge in [0, 0.05) is 32.1 Å². The zero-order chi connectivity index (χ0) is 17.2. The minimum atomic E-state index is -0.103. The Hall–Kier alpha value is -2.33. The van der Waals surface area contributed by atoms with Crippen molar-refractivity contribution >= 4 is 5.91 Å². The molecule has 0 fully saturated rings. The fourth-order valence-electron chi connectivity index (χ4n) is 3.09. The number of carbonyl (C=O) groups is 1. The maximum atomic E-state index is 11.7. The number of ether oxygens (including phenoxy) is 1. The van der Waals surface area contributed by atoms with Crippen molar-refractivity contribution in [2.75, 3.05) is 7.05 Å². The van der Waals surface area contributed by atoms with E-state index in [-0.39, 0.29) is 11.5 Å². The molecule has 1 aliphatic heterocycles. The van der Waals surface area contributed by atoms with Crippen molar-refractivity contribution in [1.29, 1.82) is 0 Å². The Bertz CT molecular complexity index is 753. The molecule has 0 atom stereocenters. The van der Waals surface area contributed by atoms with E-state index in [4.69, 9.17) is 4.74 Å². The molecule has 2 aromatic rings. The molecule has 0 bridgehead atoms. The second-order valence-corrected chi connectivity index (χ2v) is 6.86. The topological polar surface area (TPSA) is 50.4 Å². The van der Waals surface area contributed by atoms with Gasteiger partial charge in [-0.05, 0) is 48.7 Å². The highest BCUT2D eigenvalue weighted by Crippen LogP contribution is 2.35. The molecule has 1 aliphatic rings. The van der Waals surface area contributed by atoms with Crippen molar-refractivity contribution in [1.82, 2.24) is 10.6 Å². The first-order valence-corrected chi connectivity index (χ1v) is 8.29. The zero-order valence-electron chi connectivity index (χ0n) is 14.5. The second kappa shape index (κ2) is 6.65. The average molecular weight is 324 g/mol. The van der Waals surface area contributed by atoms with E-state index in [0.29, 0.717) is 5.56 Å². The minimum Gasteiger partial charge on any atom is -0.487 e. The molecule has 0 radical (unpaired) electrons. The average Bonchev–Trinajstić information content (AvgIpc) is 2.87. The first-order chi connectivity index (χ1) is 11.5. The van der Waals surface area contributed by atoms with Crippen molar-refractivity contribution in [3.63, 3.8) is 0 Å². The van der Waals surface area contributed by atoms with Gasteiger partial charge in [-0.1, -0.05) is 24.3 Å². The maximum Gasteiger partial charge on any atom is 0.251 e. The summed E-state index contributed by atoms with van der Waals surface area (Å²) in [4.78, 5) is 11.7. The van der Waals surface area contributed by atoms with E-state index < -0.39 is 0 Å². The summed E-state index contributed by atoms with van der Waals surface area (Å²) in [5.41, 5.74) is 4.21. The van der Waals surface area contributed by atoms with Gasteiger partial charge in [0.05, 0.1) is 0 Å². The third-order valence-corrected chi connectivity index (χ3v) is 4.20. The van der Waals surface area contributed by atoms with Crippen molar-refractivity contribution in [2.24, 2.45) is 0 Å². The van der Waals surface area contributed by atoms with Crippen LogP contribution in [0, 0.1) is 0 Å². The van der Waals surface area contributed by atoms with Gasteiger partial charge in [-0.15, -0.1) is 0 Å². The van der Waals surface area contributed by atoms with Gasteiger partial charge in [0.15, 0.2) is 0 Å². The predicted octanol–water partition coefficient (Wildman–Crippen LogP) is 3.05. The van der Waals surface area contributed by atoms with Crippen molar-refractivity contribution in [2.45, 2.75) is 39.0 Å². The van der Waals surface area contributed by atoms with E-state index in [2.05, 4.69) is 42.7 Å². The quantitative estimate of drug-likeness (QED) is 0.889. The SMILES string of the molecule is CNC(=O)c1cccc(CNCc2ccc3c(c2)CC(C)(C)O3)c1. The van der Waals surface area contributed by atoms with Gasteiger partial charge in [-0.25, -0.2) is 0 Å². The number of nitrogens with one attached hydrogen (secondary N) is 2. The third kappa shape index (κ3) is 3.77. The van der Waals surface area contributed by atoms with Crippen molar-refractivity contribution in [3.8, 4) is 5.75 Å². The number of hydrogen-bond donors (Lipinski definition) is 2. The Balaban J connectivity index is 1.59. The molecule has 0 saturated carbocycles. The lowest BCUT2D eigenvalue weighted by Gasteiger charge is -2.16.